The summed E-state index contributed by atoms with van der Waals surface area (Å²) in [5, 5.41) is 3.38. The van der Waals surface area contributed by atoms with E-state index in [1.807, 2.05) is 0 Å². The molecule has 4 heteroatoms. The molecule has 2 rings (SSSR count). The van der Waals surface area contributed by atoms with Crippen molar-refractivity contribution in [3.8, 4) is 0 Å². The van der Waals surface area contributed by atoms with Gasteiger partial charge in [-0.1, -0.05) is 13.8 Å². The van der Waals surface area contributed by atoms with Crippen molar-refractivity contribution in [2.24, 2.45) is 0 Å². The maximum atomic E-state index is 5.44. The monoisotopic (exact) mass is 235 g/mol. The SMILES string of the molecule is CCc1nc(C(CC)OC)nc2c1CNCC2. The van der Waals surface area contributed by atoms with Gasteiger partial charge >= 0.3 is 0 Å². The van der Waals surface area contributed by atoms with Gasteiger partial charge in [-0.2, -0.15) is 0 Å². The van der Waals surface area contributed by atoms with Crippen molar-refractivity contribution < 1.29 is 4.74 Å². The summed E-state index contributed by atoms with van der Waals surface area (Å²) in [6.07, 6.45) is 2.90. The van der Waals surface area contributed by atoms with E-state index in [0.717, 1.165) is 38.2 Å². The zero-order chi connectivity index (χ0) is 12.3. The van der Waals surface area contributed by atoms with Crippen LogP contribution in [0.15, 0.2) is 0 Å². The molecule has 1 N–H and O–H groups in total. The molecule has 17 heavy (non-hydrogen) atoms. The lowest BCUT2D eigenvalue weighted by Crippen LogP contribution is -2.27. The Hall–Kier alpha value is -1.00. The smallest absolute Gasteiger partial charge is 0.157 e. The van der Waals surface area contributed by atoms with E-state index in [9.17, 15) is 0 Å². The summed E-state index contributed by atoms with van der Waals surface area (Å²) >= 11 is 0. The average molecular weight is 235 g/mol. The molecule has 2 heterocycles. The minimum Gasteiger partial charge on any atom is -0.373 e. The molecule has 4 nitrogen and oxygen atoms in total. The fourth-order valence-corrected chi connectivity index (χ4v) is 2.33. The Kier molecular flexibility index (Phi) is 4.07. The van der Waals surface area contributed by atoms with Crippen molar-refractivity contribution in [1.82, 2.24) is 15.3 Å². The van der Waals surface area contributed by atoms with Gasteiger partial charge < -0.3 is 10.1 Å². The first-order valence-electron chi connectivity index (χ1n) is 6.42. The third-order valence-electron chi connectivity index (χ3n) is 3.31. The summed E-state index contributed by atoms with van der Waals surface area (Å²) in [5.74, 6) is 0.854. The van der Waals surface area contributed by atoms with Crippen LogP contribution in [0, 0.1) is 0 Å². The molecule has 1 unspecified atom stereocenters. The predicted molar refractivity (Wildman–Crippen MR) is 66.9 cm³/mol. The second-order valence-electron chi connectivity index (χ2n) is 4.37. The zero-order valence-electron chi connectivity index (χ0n) is 10.9. The van der Waals surface area contributed by atoms with Gasteiger partial charge in [0.2, 0.25) is 0 Å². The number of ether oxygens (including phenoxy) is 1. The van der Waals surface area contributed by atoms with E-state index >= 15 is 0 Å². The van der Waals surface area contributed by atoms with Gasteiger partial charge in [-0.3, -0.25) is 0 Å². The third-order valence-corrected chi connectivity index (χ3v) is 3.31. The molecule has 94 valence electrons. The van der Waals surface area contributed by atoms with Crippen LogP contribution in [0.25, 0.3) is 0 Å². The van der Waals surface area contributed by atoms with Gasteiger partial charge in [0.15, 0.2) is 5.82 Å². The van der Waals surface area contributed by atoms with Crippen molar-refractivity contribution in [2.75, 3.05) is 13.7 Å². The molecule has 0 fully saturated rings. The highest BCUT2D eigenvalue weighted by Gasteiger charge is 2.19. The Bertz CT molecular complexity index is 371. The van der Waals surface area contributed by atoms with Crippen molar-refractivity contribution in [3.63, 3.8) is 0 Å². The van der Waals surface area contributed by atoms with Crippen LogP contribution >= 0.6 is 0 Å². The summed E-state index contributed by atoms with van der Waals surface area (Å²) in [5.41, 5.74) is 3.68. The lowest BCUT2D eigenvalue weighted by atomic mass is 10.0. The minimum absolute atomic E-state index is 0.0282. The normalized spacial score (nSPS) is 16.6. The van der Waals surface area contributed by atoms with Crippen molar-refractivity contribution in [3.05, 3.63) is 22.8 Å². The van der Waals surface area contributed by atoms with Crippen LogP contribution in [0.1, 0.15) is 49.1 Å². The van der Waals surface area contributed by atoms with Crippen molar-refractivity contribution in [1.29, 1.82) is 0 Å². The van der Waals surface area contributed by atoms with Gasteiger partial charge in [-0.25, -0.2) is 9.97 Å². The number of rotatable bonds is 4. The first-order valence-corrected chi connectivity index (χ1v) is 6.42. The molecule has 0 radical (unpaired) electrons. The van der Waals surface area contributed by atoms with E-state index in [4.69, 9.17) is 4.74 Å². The number of aromatic nitrogens is 2. The second-order valence-corrected chi connectivity index (χ2v) is 4.37. The molecule has 1 atom stereocenters. The largest absolute Gasteiger partial charge is 0.373 e. The lowest BCUT2D eigenvalue weighted by molar-refractivity contribution is 0.0920. The maximum Gasteiger partial charge on any atom is 0.157 e. The second kappa shape index (κ2) is 5.56. The van der Waals surface area contributed by atoms with Gasteiger partial charge in [0.1, 0.15) is 6.10 Å². The Balaban J connectivity index is 2.42. The first-order chi connectivity index (χ1) is 8.30. The van der Waals surface area contributed by atoms with Gasteiger partial charge in [0.25, 0.3) is 0 Å². The summed E-state index contributed by atoms with van der Waals surface area (Å²) in [7, 11) is 1.73. The van der Waals surface area contributed by atoms with Crippen LogP contribution in [-0.4, -0.2) is 23.6 Å². The van der Waals surface area contributed by atoms with E-state index in [0.29, 0.717) is 0 Å². The van der Waals surface area contributed by atoms with Gasteiger partial charge in [-0.05, 0) is 12.8 Å². The Morgan fingerprint density at radius 3 is 2.82 bits per heavy atom. The highest BCUT2D eigenvalue weighted by atomic mass is 16.5. The maximum absolute atomic E-state index is 5.44. The van der Waals surface area contributed by atoms with Gasteiger partial charge in [0, 0.05) is 37.9 Å². The third kappa shape index (κ3) is 2.48. The molecule has 0 aliphatic carbocycles. The number of nitrogens with one attached hydrogen (secondary N) is 1. The van der Waals surface area contributed by atoms with Gasteiger partial charge in [-0.15, -0.1) is 0 Å². The van der Waals surface area contributed by atoms with E-state index in [1.165, 1.54) is 17.0 Å². The molecular weight excluding hydrogens is 214 g/mol. The van der Waals surface area contributed by atoms with E-state index in [-0.39, 0.29) is 6.10 Å². The van der Waals surface area contributed by atoms with Crippen LogP contribution in [0.3, 0.4) is 0 Å². The molecule has 1 aromatic rings. The predicted octanol–water partition coefficient (Wildman–Crippen LogP) is 1.78. The number of fused-ring (bicyclic) bond motifs is 1. The molecule has 0 bridgehead atoms. The number of hydrogen-bond donors (Lipinski definition) is 1. The molecular formula is C13H21N3O. The summed E-state index contributed by atoms with van der Waals surface area (Å²) in [4.78, 5) is 9.36. The minimum atomic E-state index is 0.0282. The molecule has 0 aromatic carbocycles. The highest BCUT2D eigenvalue weighted by molar-refractivity contribution is 5.28. The fraction of sp³-hybridized carbons (Fsp3) is 0.692. The summed E-state index contributed by atoms with van der Waals surface area (Å²) < 4.78 is 5.44. The number of aryl methyl sites for hydroxylation is 1. The standard InChI is InChI=1S/C13H21N3O/c1-4-10-9-8-14-7-6-11(9)16-13(15-10)12(5-2)17-3/h12,14H,4-8H2,1-3H3. The van der Waals surface area contributed by atoms with E-state index < -0.39 is 0 Å². The molecule has 1 aromatic heterocycles. The lowest BCUT2D eigenvalue weighted by Gasteiger charge is -2.21. The van der Waals surface area contributed by atoms with Crippen LogP contribution in [-0.2, 0) is 24.1 Å². The average Bonchev–Trinajstić information content (AvgIpc) is 2.39. The van der Waals surface area contributed by atoms with Crippen molar-refractivity contribution >= 4 is 0 Å². The number of methoxy groups -OCH3 is 1. The van der Waals surface area contributed by atoms with E-state index in [1.54, 1.807) is 7.11 Å². The molecule has 0 saturated heterocycles. The van der Waals surface area contributed by atoms with Crippen LogP contribution < -0.4 is 5.32 Å². The molecule has 0 saturated carbocycles. The molecule has 1 aliphatic rings. The van der Waals surface area contributed by atoms with Gasteiger partial charge in [0.05, 0.1) is 5.69 Å². The zero-order valence-corrected chi connectivity index (χ0v) is 10.9. The van der Waals surface area contributed by atoms with Crippen LogP contribution in [0.2, 0.25) is 0 Å². The summed E-state index contributed by atoms with van der Waals surface area (Å²) in [6, 6.07) is 0. The number of hydrogen-bond acceptors (Lipinski definition) is 4. The Morgan fingerprint density at radius 1 is 1.35 bits per heavy atom. The Morgan fingerprint density at radius 2 is 2.18 bits per heavy atom. The molecule has 1 aliphatic heterocycles. The number of nitrogens with zero attached hydrogens (tertiary/aromatic N) is 2. The quantitative estimate of drug-likeness (QED) is 0.864. The molecule has 0 amide bonds. The first kappa shape index (κ1) is 12.5. The fourth-order valence-electron chi connectivity index (χ4n) is 2.33. The Labute approximate surface area is 103 Å². The topological polar surface area (TPSA) is 47.0 Å². The van der Waals surface area contributed by atoms with E-state index in [2.05, 4.69) is 29.1 Å². The highest BCUT2D eigenvalue weighted by Crippen LogP contribution is 2.22. The summed E-state index contributed by atoms with van der Waals surface area (Å²) in [6.45, 7) is 6.16. The molecule has 0 spiro atoms. The van der Waals surface area contributed by atoms with Crippen molar-refractivity contribution in [2.45, 2.75) is 45.8 Å². The van der Waals surface area contributed by atoms with Crippen LogP contribution in [0.4, 0.5) is 0 Å². The van der Waals surface area contributed by atoms with Crippen LogP contribution in [0.5, 0.6) is 0 Å².